The van der Waals surface area contributed by atoms with E-state index in [0.717, 1.165) is 17.7 Å². The van der Waals surface area contributed by atoms with Crippen molar-refractivity contribution in [2.75, 3.05) is 0 Å². The van der Waals surface area contributed by atoms with Crippen molar-refractivity contribution in [3.63, 3.8) is 0 Å². The third kappa shape index (κ3) is 1.67. The molecule has 0 atom stereocenters. The van der Waals surface area contributed by atoms with Gasteiger partial charge in [-0.2, -0.15) is 0 Å². The Bertz CT molecular complexity index is 438. The molecule has 0 saturated carbocycles. The van der Waals surface area contributed by atoms with Crippen LogP contribution in [0.3, 0.4) is 0 Å². The van der Waals surface area contributed by atoms with Gasteiger partial charge in [-0.05, 0) is 26.8 Å². The Labute approximate surface area is 88.0 Å². The number of nitro groups is 1. The van der Waals surface area contributed by atoms with Crippen molar-refractivity contribution < 1.29 is 9.66 Å². The van der Waals surface area contributed by atoms with Gasteiger partial charge >= 0.3 is 0 Å². The van der Waals surface area contributed by atoms with E-state index in [4.69, 9.17) is 4.74 Å². The third-order valence-electron chi connectivity index (χ3n) is 2.58. The van der Waals surface area contributed by atoms with Gasteiger partial charge in [0.15, 0.2) is 0 Å². The Balaban J connectivity index is 2.50. The van der Waals surface area contributed by atoms with E-state index in [1.165, 1.54) is 0 Å². The van der Waals surface area contributed by atoms with E-state index in [1.807, 2.05) is 13.8 Å². The average Bonchev–Trinajstić information content (AvgIpc) is 2.36. The average molecular weight is 207 g/mol. The van der Waals surface area contributed by atoms with E-state index in [1.54, 1.807) is 19.1 Å². The molecule has 0 unspecified atom stereocenters. The number of hydrogen-bond acceptors (Lipinski definition) is 3. The van der Waals surface area contributed by atoms with Crippen LogP contribution in [0.15, 0.2) is 12.1 Å². The van der Waals surface area contributed by atoms with Crippen LogP contribution in [0.25, 0.3) is 0 Å². The van der Waals surface area contributed by atoms with E-state index in [2.05, 4.69) is 0 Å². The minimum absolute atomic E-state index is 0.176. The van der Waals surface area contributed by atoms with Crippen molar-refractivity contribution >= 4 is 5.69 Å². The quantitative estimate of drug-likeness (QED) is 0.525. The summed E-state index contributed by atoms with van der Waals surface area (Å²) in [6, 6.07) is 3.38. The van der Waals surface area contributed by atoms with Crippen LogP contribution in [-0.2, 0) is 6.42 Å². The highest BCUT2D eigenvalue weighted by Crippen LogP contribution is 2.38. The first-order valence-electron chi connectivity index (χ1n) is 4.86. The zero-order valence-electron chi connectivity index (χ0n) is 9.03. The molecule has 80 valence electrons. The van der Waals surface area contributed by atoms with Crippen molar-refractivity contribution in [3.05, 3.63) is 33.4 Å². The highest BCUT2D eigenvalue weighted by molar-refractivity contribution is 5.52. The maximum atomic E-state index is 10.7. The Morgan fingerprint density at radius 3 is 2.73 bits per heavy atom. The number of ether oxygens (including phenoxy) is 1. The van der Waals surface area contributed by atoms with Gasteiger partial charge in [0.05, 0.1) is 4.92 Å². The van der Waals surface area contributed by atoms with Crippen LogP contribution in [0.5, 0.6) is 5.75 Å². The van der Waals surface area contributed by atoms with Crippen LogP contribution in [0.4, 0.5) is 5.69 Å². The number of benzene rings is 1. The van der Waals surface area contributed by atoms with E-state index < -0.39 is 0 Å². The highest BCUT2D eigenvalue weighted by Gasteiger charge is 2.32. The number of nitro benzene ring substituents is 1. The van der Waals surface area contributed by atoms with E-state index >= 15 is 0 Å². The lowest BCUT2D eigenvalue weighted by atomic mass is 10.0. The van der Waals surface area contributed by atoms with Crippen molar-refractivity contribution in [2.45, 2.75) is 32.8 Å². The molecule has 1 aromatic rings. The van der Waals surface area contributed by atoms with Gasteiger partial charge in [-0.3, -0.25) is 10.1 Å². The fourth-order valence-electron chi connectivity index (χ4n) is 1.94. The predicted molar refractivity (Wildman–Crippen MR) is 56.2 cm³/mol. The first-order chi connectivity index (χ1) is 6.89. The van der Waals surface area contributed by atoms with Gasteiger partial charge in [-0.15, -0.1) is 0 Å². The number of hydrogen-bond donors (Lipinski definition) is 0. The third-order valence-corrected chi connectivity index (χ3v) is 2.58. The smallest absolute Gasteiger partial charge is 0.272 e. The molecule has 0 aromatic heterocycles. The summed E-state index contributed by atoms with van der Waals surface area (Å²) in [6.45, 7) is 5.69. The van der Waals surface area contributed by atoms with Gasteiger partial charge in [0.1, 0.15) is 11.4 Å². The molecular formula is C11H13NO3. The number of rotatable bonds is 1. The van der Waals surface area contributed by atoms with Crippen LogP contribution >= 0.6 is 0 Å². The monoisotopic (exact) mass is 207 g/mol. The Morgan fingerprint density at radius 2 is 2.13 bits per heavy atom. The number of aryl methyl sites for hydroxylation is 1. The second kappa shape index (κ2) is 2.95. The molecule has 0 aliphatic carbocycles. The normalized spacial score (nSPS) is 17.0. The van der Waals surface area contributed by atoms with Gasteiger partial charge in [0, 0.05) is 23.6 Å². The summed E-state index contributed by atoms with van der Waals surface area (Å²) in [4.78, 5) is 10.4. The lowest BCUT2D eigenvalue weighted by Gasteiger charge is -2.16. The highest BCUT2D eigenvalue weighted by atomic mass is 16.6. The van der Waals surface area contributed by atoms with Gasteiger partial charge in [0.25, 0.3) is 5.69 Å². The van der Waals surface area contributed by atoms with Crippen LogP contribution in [0.1, 0.15) is 25.0 Å². The van der Waals surface area contributed by atoms with E-state index in [0.29, 0.717) is 5.56 Å². The SMILES string of the molecule is Cc1cc2c(cc1[N+](=O)[O-])CC(C)(C)O2. The molecule has 0 spiro atoms. The first kappa shape index (κ1) is 9.96. The molecule has 15 heavy (non-hydrogen) atoms. The van der Waals surface area contributed by atoms with Crippen LogP contribution in [-0.4, -0.2) is 10.5 Å². The minimum atomic E-state index is -0.346. The predicted octanol–water partition coefficient (Wildman–Crippen LogP) is 2.62. The van der Waals surface area contributed by atoms with Crippen LogP contribution in [0.2, 0.25) is 0 Å². The molecule has 4 heteroatoms. The maximum absolute atomic E-state index is 10.7. The van der Waals surface area contributed by atoms with Gasteiger partial charge in [-0.25, -0.2) is 0 Å². The second-order valence-electron chi connectivity index (χ2n) is 4.54. The van der Waals surface area contributed by atoms with E-state index in [-0.39, 0.29) is 16.2 Å². The molecule has 4 nitrogen and oxygen atoms in total. The minimum Gasteiger partial charge on any atom is -0.487 e. The van der Waals surface area contributed by atoms with Crippen LogP contribution in [0, 0.1) is 17.0 Å². The van der Waals surface area contributed by atoms with Gasteiger partial charge < -0.3 is 4.74 Å². The fraction of sp³-hybridized carbons (Fsp3) is 0.455. The molecule has 0 radical (unpaired) electrons. The first-order valence-corrected chi connectivity index (χ1v) is 4.86. The van der Waals surface area contributed by atoms with Crippen molar-refractivity contribution in [3.8, 4) is 5.75 Å². The lowest BCUT2D eigenvalue weighted by Crippen LogP contribution is -2.24. The molecule has 2 rings (SSSR count). The van der Waals surface area contributed by atoms with Crippen LogP contribution < -0.4 is 4.74 Å². The summed E-state index contributed by atoms with van der Waals surface area (Å²) in [5, 5.41) is 10.7. The molecule has 1 aliphatic rings. The Kier molecular flexibility index (Phi) is 1.96. The summed E-state index contributed by atoms with van der Waals surface area (Å²) in [5.74, 6) is 0.781. The molecule has 0 saturated heterocycles. The summed E-state index contributed by atoms with van der Waals surface area (Å²) in [5.41, 5.74) is 1.51. The van der Waals surface area contributed by atoms with Gasteiger partial charge in [0.2, 0.25) is 0 Å². The maximum Gasteiger partial charge on any atom is 0.272 e. The summed E-state index contributed by atoms with van der Waals surface area (Å²) in [7, 11) is 0. The van der Waals surface area contributed by atoms with E-state index in [9.17, 15) is 10.1 Å². The molecule has 0 bridgehead atoms. The lowest BCUT2D eigenvalue weighted by molar-refractivity contribution is -0.385. The molecule has 0 amide bonds. The topological polar surface area (TPSA) is 52.4 Å². The van der Waals surface area contributed by atoms with Crippen molar-refractivity contribution in [1.82, 2.24) is 0 Å². The summed E-state index contributed by atoms with van der Waals surface area (Å²) in [6.07, 6.45) is 0.726. The fourth-order valence-corrected chi connectivity index (χ4v) is 1.94. The summed E-state index contributed by atoms with van der Waals surface area (Å²) < 4.78 is 5.69. The second-order valence-corrected chi connectivity index (χ2v) is 4.54. The molecule has 1 aromatic carbocycles. The van der Waals surface area contributed by atoms with Gasteiger partial charge in [-0.1, -0.05) is 0 Å². The molecule has 0 fully saturated rings. The molecule has 0 N–H and O–H groups in total. The molecule has 1 heterocycles. The molecule has 1 aliphatic heterocycles. The Hall–Kier alpha value is -1.58. The number of nitrogens with zero attached hydrogens (tertiary/aromatic N) is 1. The number of fused-ring (bicyclic) bond motifs is 1. The Morgan fingerprint density at radius 1 is 1.47 bits per heavy atom. The zero-order chi connectivity index (χ0) is 11.2. The molecular weight excluding hydrogens is 194 g/mol. The standard InChI is InChI=1S/C11H13NO3/c1-7-4-10-8(5-9(7)12(13)14)6-11(2,3)15-10/h4-5H,6H2,1-3H3. The van der Waals surface area contributed by atoms with Crippen molar-refractivity contribution in [2.24, 2.45) is 0 Å². The summed E-state index contributed by atoms with van der Waals surface area (Å²) >= 11 is 0. The zero-order valence-corrected chi connectivity index (χ0v) is 9.03. The van der Waals surface area contributed by atoms with Crippen molar-refractivity contribution in [1.29, 1.82) is 0 Å². The largest absolute Gasteiger partial charge is 0.487 e.